The zero-order chi connectivity index (χ0) is 18.6. The zero-order valence-corrected chi connectivity index (χ0v) is 15.7. The second kappa shape index (κ2) is 6.12. The molecule has 27 heavy (non-hydrogen) atoms. The summed E-state index contributed by atoms with van der Waals surface area (Å²) in [4.78, 5) is 27.5. The predicted molar refractivity (Wildman–Crippen MR) is 103 cm³/mol. The highest BCUT2D eigenvalue weighted by Crippen LogP contribution is 2.60. The van der Waals surface area contributed by atoms with Crippen LogP contribution in [0.5, 0.6) is 0 Å². The van der Waals surface area contributed by atoms with Crippen LogP contribution in [-0.2, 0) is 5.41 Å². The van der Waals surface area contributed by atoms with E-state index in [-0.39, 0.29) is 17.0 Å². The normalized spacial score (nSPS) is 31.0. The van der Waals surface area contributed by atoms with Crippen molar-refractivity contribution in [1.82, 2.24) is 4.98 Å². The molecular formula is C20H21N3O3S. The van der Waals surface area contributed by atoms with Crippen molar-refractivity contribution >= 4 is 28.1 Å². The monoisotopic (exact) mass is 383 g/mol. The molecule has 0 atom stereocenters. The molecule has 0 spiro atoms. The Balaban J connectivity index is 1.32. The van der Waals surface area contributed by atoms with Gasteiger partial charge in [-0.3, -0.25) is 20.2 Å². The Kier molecular flexibility index (Phi) is 3.82. The predicted octanol–water partition coefficient (Wildman–Crippen LogP) is 4.77. The van der Waals surface area contributed by atoms with Crippen molar-refractivity contribution in [3.8, 4) is 0 Å². The summed E-state index contributed by atoms with van der Waals surface area (Å²) in [5.41, 5.74) is 1.75. The maximum absolute atomic E-state index is 12.4. The number of thiazole rings is 1. The van der Waals surface area contributed by atoms with Gasteiger partial charge in [-0.15, -0.1) is 11.3 Å². The van der Waals surface area contributed by atoms with Crippen LogP contribution >= 0.6 is 11.3 Å². The number of hydrogen-bond donors (Lipinski definition) is 1. The molecule has 6 nitrogen and oxygen atoms in total. The van der Waals surface area contributed by atoms with E-state index >= 15 is 0 Å². The van der Waals surface area contributed by atoms with Crippen molar-refractivity contribution in [3.05, 3.63) is 51.0 Å². The molecule has 4 fully saturated rings. The summed E-state index contributed by atoms with van der Waals surface area (Å²) in [6.45, 7) is 0. The van der Waals surface area contributed by atoms with E-state index in [2.05, 4.69) is 10.7 Å². The van der Waals surface area contributed by atoms with Crippen LogP contribution in [0.25, 0.3) is 0 Å². The zero-order valence-electron chi connectivity index (χ0n) is 14.9. The highest BCUT2D eigenvalue weighted by molar-refractivity contribution is 7.14. The number of nitrogens with one attached hydrogen (secondary N) is 1. The Morgan fingerprint density at radius 1 is 1.11 bits per heavy atom. The van der Waals surface area contributed by atoms with Crippen LogP contribution in [0.4, 0.5) is 10.8 Å². The van der Waals surface area contributed by atoms with Crippen molar-refractivity contribution < 1.29 is 9.72 Å². The Morgan fingerprint density at radius 2 is 1.70 bits per heavy atom. The Morgan fingerprint density at radius 3 is 2.26 bits per heavy atom. The summed E-state index contributed by atoms with van der Waals surface area (Å²) < 4.78 is 0. The number of amides is 1. The number of rotatable bonds is 4. The van der Waals surface area contributed by atoms with E-state index in [4.69, 9.17) is 4.98 Å². The summed E-state index contributed by atoms with van der Waals surface area (Å²) in [6, 6.07) is 5.64. The van der Waals surface area contributed by atoms with E-state index < -0.39 is 4.92 Å². The fourth-order valence-electron chi connectivity index (χ4n) is 5.90. The number of nitrogens with zero attached hydrogens (tertiary/aromatic N) is 2. The van der Waals surface area contributed by atoms with E-state index in [1.165, 1.54) is 74.1 Å². The second-order valence-electron chi connectivity index (χ2n) is 8.49. The van der Waals surface area contributed by atoms with E-state index in [0.717, 1.165) is 23.4 Å². The fourth-order valence-corrected chi connectivity index (χ4v) is 6.73. The van der Waals surface area contributed by atoms with Crippen LogP contribution in [0.3, 0.4) is 0 Å². The second-order valence-corrected chi connectivity index (χ2v) is 9.35. The molecule has 0 unspecified atom stereocenters. The van der Waals surface area contributed by atoms with Gasteiger partial charge in [-0.2, -0.15) is 0 Å². The highest BCUT2D eigenvalue weighted by Gasteiger charge is 2.52. The lowest BCUT2D eigenvalue weighted by molar-refractivity contribution is -0.384. The lowest BCUT2D eigenvalue weighted by atomic mass is 9.49. The first-order chi connectivity index (χ1) is 13.0. The minimum Gasteiger partial charge on any atom is -0.298 e. The molecule has 2 aromatic rings. The minimum atomic E-state index is -0.472. The Labute approximate surface area is 161 Å². The van der Waals surface area contributed by atoms with Gasteiger partial charge in [0.15, 0.2) is 5.13 Å². The van der Waals surface area contributed by atoms with Gasteiger partial charge in [-0.05, 0) is 68.4 Å². The number of carbonyl (C=O) groups is 1. The first-order valence-electron chi connectivity index (χ1n) is 9.52. The molecule has 1 aromatic carbocycles. The van der Waals surface area contributed by atoms with Crippen molar-refractivity contribution in [1.29, 1.82) is 0 Å². The minimum absolute atomic E-state index is 0.0232. The number of carbonyl (C=O) groups excluding carboxylic acids is 1. The van der Waals surface area contributed by atoms with E-state index in [1.54, 1.807) is 0 Å². The molecule has 1 N–H and O–H groups in total. The number of benzene rings is 1. The number of non-ortho nitro benzene ring substituents is 1. The summed E-state index contributed by atoms with van der Waals surface area (Å²) in [7, 11) is 0. The molecule has 0 saturated heterocycles. The van der Waals surface area contributed by atoms with Crippen molar-refractivity contribution in [2.45, 2.75) is 43.9 Å². The molecule has 7 heteroatoms. The molecular weight excluding hydrogens is 362 g/mol. The van der Waals surface area contributed by atoms with E-state index in [9.17, 15) is 14.9 Å². The van der Waals surface area contributed by atoms with Gasteiger partial charge < -0.3 is 0 Å². The van der Waals surface area contributed by atoms with E-state index in [1.807, 2.05) is 0 Å². The molecule has 4 aliphatic carbocycles. The van der Waals surface area contributed by atoms with Crippen LogP contribution in [0, 0.1) is 27.9 Å². The maximum atomic E-state index is 12.4. The molecule has 1 aromatic heterocycles. The summed E-state index contributed by atoms with van der Waals surface area (Å²) in [6.07, 6.45) is 7.93. The molecule has 0 radical (unpaired) electrons. The topological polar surface area (TPSA) is 85.1 Å². The third-order valence-corrected chi connectivity index (χ3v) is 7.40. The van der Waals surface area contributed by atoms with Gasteiger partial charge >= 0.3 is 0 Å². The molecule has 4 aliphatic rings. The van der Waals surface area contributed by atoms with Crippen LogP contribution < -0.4 is 5.32 Å². The van der Waals surface area contributed by atoms with Crippen LogP contribution in [0.2, 0.25) is 0 Å². The van der Waals surface area contributed by atoms with Gasteiger partial charge in [0.2, 0.25) is 0 Å². The van der Waals surface area contributed by atoms with Gasteiger partial charge in [-0.25, -0.2) is 4.98 Å². The average Bonchev–Trinajstić information content (AvgIpc) is 3.10. The standard InChI is InChI=1S/C20H21N3O3S/c24-18(15-1-3-16(4-2-15)23(25)26)22-19-21-17(11-27-19)20-8-12-5-13(9-20)7-14(6-12)10-20/h1-4,11-14H,5-10H2,(H,21,22,24). The first kappa shape index (κ1) is 16.9. The summed E-state index contributed by atoms with van der Waals surface area (Å²) in [5.74, 6) is 2.29. The number of nitro benzene ring substituents is 1. The fraction of sp³-hybridized carbons (Fsp3) is 0.500. The molecule has 4 saturated carbocycles. The largest absolute Gasteiger partial charge is 0.298 e. The Hall–Kier alpha value is -2.28. The molecule has 1 heterocycles. The maximum Gasteiger partial charge on any atom is 0.269 e. The molecule has 140 valence electrons. The smallest absolute Gasteiger partial charge is 0.269 e. The lowest BCUT2D eigenvalue weighted by Crippen LogP contribution is -2.48. The third-order valence-electron chi connectivity index (χ3n) is 6.65. The van der Waals surface area contributed by atoms with Crippen LogP contribution in [0.1, 0.15) is 54.6 Å². The van der Waals surface area contributed by atoms with Gasteiger partial charge in [0.1, 0.15) is 0 Å². The summed E-state index contributed by atoms with van der Waals surface area (Å²) in [5, 5.41) is 16.3. The van der Waals surface area contributed by atoms with Crippen molar-refractivity contribution in [3.63, 3.8) is 0 Å². The molecule has 1 amide bonds. The van der Waals surface area contributed by atoms with Crippen LogP contribution in [-0.4, -0.2) is 15.8 Å². The van der Waals surface area contributed by atoms with E-state index in [0.29, 0.717) is 10.7 Å². The third kappa shape index (κ3) is 2.94. The molecule has 4 bridgehead atoms. The quantitative estimate of drug-likeness (QED) is 0.609. The van der Waals surface area contributed by atoms with Crippen molar-refractivity contribution in [2.24, 2.45) is 17.8 Å². The number of anilines is 1. The molecule has 6 rings (SSSR count). The number of hydrogen-bond acceptors (Lipinski definition) is 5. The number of aromatic nitrogens is 1. The summed E-state index contributed by atoms with van der Waals surface area (Å²) >= 11 is 1.48. The van der Waals surface area contributed by atoms with Gasteiger partial charge in [0, 0.05) is 28.5 Å². The van der Waals surface area contributed by atoms with Gasteiger partial charge in [0.25, 0.3) is 11.6 Å². The first-order valence-corrected chi connectivity index (χ1v) is 10.4. The lowest BCUT2D eigenvalue weighted by Gasteiger charge is -2.56. The van der Waals surface area contributed by atoms with Gasteiger partial charge in [0.05, 0.1) is 10.6 Å². The average molecular weight is 383 g/mol. The van der Waals surface area contributed by atoms with Crippen molar-refractivity contribution in [2.75, 3.05) is 5.32 Å². The number of nitro groups is 1. The molecule has 0 aliphatic heterocycles. The SMILES string of the molecule is O=C(Nc1nc(C23CC4CC(CC(C4)C2)C3)cs1)c1ccc([N+](=O)[O-])cc1. The van der Waals surface area contributed by atoms with Crippen LogP contribution in [0.15, 0.2) is 29.6 Å². The highest BCUT2D eigenvalue weighted by atomic mass is 32.1. The Bertz CT molecular complexity index is 870. The van der Waals surface area contributed by atoms with Gasteiger partial charge in [-0.1, -0.05) is 0 Å².